The normalized spacial score (nSPS) is 14.8. The van der Waals surface area contributed by atoms with Crippen LogP contribution in [-0.4, -0.2) is 36.8 Å². The van der Waals surface area contributed by atoms with Crippen molar-refractivity contribution in [2.75, 3.05) is 31.6 Å². The van der Waals surface area contributed by atoms with Crippen molar-refractivity contribution < 1.29 is 5.11 Å². The minimum atomic E-state index is 0.235. The number of fused-ring (bicyclic) bond motifs is 1. The van der Waals surface area contributed by atoms with Gasteiger partial charge in [-0.25, -0.2) is 0 Å². The Bertz CT molecular complexity index is 597. The average molecular weight is 282 g/mol. The lowest BCUT2D eigenvalue weighted by Crippen LogP contribution is -2.32. The van der Waals surface area contributed by atoms with Crippen LogP contribution in [0.5, 0.6) is 0 Å². The first-order valence-electron chi connectivity index (χ1n) is 7.52. The van der Waals surface area contributed by atoms with E-state index in [1.54, 1.807) is 0 Å². The molecule has 0 saturated carbocycles. The van der Waals surface area contributed by atoms with Gasteiger partial charge in [0.1, 0.15) is 0 Å². The van der Waals surface area contributed by atoms with Gasteiger partial charge < -0.3 is 10.0 Å². The maximum atomic E-state index is 9.11. The first kappa shape index (κ1) is 14.1. The molecule has 0 atom stereocenters. The maximum absolute atomic E-state index is 9.11. The van der Waals surface area contributed by atoms with Crippen molar-refractivity contribution in [1.29, 1.82) is 0 Å². The zero-order valence-corrected chi connectivity index (χ0v) is 12.5. The molecule has 0 spiro atoms. The highest BCUT2D eigenvalue weighted by atomic mass is 16.3. The van der Waals surface area contributed by atoms with Gasteiger partial charge >= 0.3 is 0 Å². The number of nitrogens with zero attached hydrogens (tertiary/aromatic N) is 2. The van der Waals surface area contributed by atoms with Gasteiger partial charge in [0.2, 0.25) is 0 Å². The molecule has 0 aromatic heterocycles. The quantitative estimate of drug-likeness (QED) is 0.934. The van der Waals surface area contributed by atoms with E-state index in [0.717, 1.165) is 26.1 Å². The van der Waals surface area contributed by atoms with E-state index in [1.807, 2.05) is 6.07 Å². The van der Waals surface area contributed by atoms with Crippen molar-refractivity contribution in [3.05, 3.63) is 59.7 Å². The first-order valence-corrected chi connectivity index (χ1v) is 7.52. The molecule has 3 rings (SSSR count). The highest BCUT2D eigenvalue weighted by Crippen LogP contribution is 2.28. The second kappa shape index (κ2) is 6.29. The van der Waals surface area contributed by atoms with Crippen LogP contribution in [-0.2, 0) is 13.0 Å². The largest absolute Gasteiger partial charge is 0.395 e. The van der Waals surface area contributed by atoms with Crippen molar-refractivity contribution in [2.45, 2.75) is 13.0 Å². The Morgan fingerprint density at radius 1 is 1.05 bits per heavy atom. The first-order chi connectivity index (χ1) is 10.3. The van der Waals surface area contributed by atoms with E-state index >= 15 is 0 Å². The number of hydrogen-bond donors (Lipinski definition) is 1. The lowest BCUT2D eigenvalue weighted by Gasteiger charge is -2.29. The summed E-state index contributed by atoms with van der Waals surface area (Å²) < 4.78 is 0. The van der Waals surface area contributed by atoms with Gasteiger partial charge in [-0.2, -0.15) is 0 Å². The number of anilines is 2. The topological polar surface area (TPSA) is 26.7 Å². The summed E-state index contributed by atoms with van der Waals surface area (Å²) in [6.07, 6.45) is 1.07. The molecule has 1 heterocycles. The van der Waals surface area contributed by atoms with E-state index in [4.69, 9.17) is 5.11 Å². The molecule has 3 heteroatoms. The number of rotatable bonds is 4. The summed E-state index contributed by atoms with van der Waals surface area (Å²) >= 11 is 0. The zero-order valence-electron chi connectivity index (χ0n) is 12.5. The van der Waals surface area contributed by atoms with Crippen LogP contribution < -0.4 is 4.90 Å². The van der Waals surface area contributed by atoms with E-state index in [9.17, 15) is 0 Å². The summed E-state index contributed by atoms with van der Waals surface area (Å²) in [4.78, 5) is 4.53. The molecule has 0 saturated heterocycles. The molecule has 1 N–H and O–H groups in total. The van der Waals surface area contributed by atoms with Gasteiger partial charge in [-0.1, -0.05) is 24.3 Å². The molecular formula is C18H22N2O. The van der Waals surface area contributed by atoms with Crippen molar-refractivity contribution in [3.63, 3.8) is 0 Å². The van der Waals surface area contributed by atoms with Crippen molar-refractivity contribution in [2.24, 2.45) is 0 Å². The summed E-state index contributed by atoms with van der Waals surface area (Å²) in [5, 5.41) is 9.11. The Labute approximate surface area is 126 Å². The van der Waals surface area contributed by atoms with Gasteiger partial charge in [0, 0.05) is 38.1 Å². The molecule has 2 aromatic rings. The second-order valence-electron chi connectivity index (χ2n) is 5.60. The molecular weight excluding hydrogens is 260 g/mol. The fourth-order valence-electron chi connectivity index (χ4n) is 2.94. The average Bonchev–Trinajstić information content (AvgIpc) is 2.54. The van der Waals surface area contributed by atoms with E-state index in [1.165, 1.54) is 22.5 Å². The number of hydrogen-bond acceptors (Lipinski definition) is 3. The Morgan fingerprint density at radius 3 is 2.62 bits per heavy atom. The zero-order chi connectivity index (χ0) is 14.7. The molecule has 0 amide bonds. The molecule has 0 unspecified atom stereocenters. The number of β-amino-alcohol motifs (C(OH)–C–C–N with tert-alkyl or cyclic N) is 1. The minimum Gasteiger partial charge on any atom is -0.395 e. The highest BCUT2D eigenvalue weighted by molar-refractivity contribution is 5.63. The summed E-state index contributed by atoms with van der Waals surface area (Å²) in [5.41, 5.74) is 5.23. The van der Waals surface area contributed by atoms with Crippen LogP contribution in [0.2, 0.25) is 0 Å². The Morgan fingerprint density at radius 2 is 1.86 bits per heavy atom. The predicted molar refractivity (Wildman–Crippen MR) is 87.0 cm³/mol. The standard InChI is InChI=1S/C18H22N2O/c1-19(17-5-3-2-4-6-17)18-8-7-15-9-10-20(11-12-21)14-16(15)13-18/h2-8,13,21H,9-12,14H2,1H3. The van der Waals surface area contributed by atoms with Gasteiger partial charge in [-0.3, -0.25) is 4.90 Å². The van der Waals surface area contributed by atoms with Gasteiger partial charge in [-0.05, 0) is 41.8 Å². The molecule has 110 valence electrons. The Kier molecular flexibility index (Phi) is 4.23. The number of aliphatic hydroxyl groups excluding tert-OH is 1. The molecule has 1 aliphatic heterocycles. The van der Waals surface area contributed by atoms with E-state index in [0.29, 0.717) is 0 Å². The van der Waals surface area contributed by atoms with Crippen LogP contribution >= 0.6 is 0 Å². The third kappa shape index (κ3) is 3.09. The van der Waals surface area contributed by atoms with Crippen molar-refractivity contribution in [3.8, 4) is 0 Å². The summed E-state index contributed by atoms with van der Waals surface area (Å²) in [6.45, 7) is 2.98. The summed E-state index contributed by atoms with van der Waals surface area (Å²) in [5.74, 6) is 0. The molecule has 21 heavy (non-hydrogen) atoms. The fraction of sp³-hybridized carbons (Fsp3) is 0.333. The van der Waals surface area contributed by atoms with Crippen LogP contribution in [0.25, 0.3) is 0 Å². The van der Waals surface area contributed by atoms with E-state index in [2.05, 4.69) is 59.3 Å². The van der Waals surface area contributed by atoms with Gasteiger partial charge in [-0.15, -0.1) is 0 Å². The fourth-order valence-corrected chi connectivity index (χ4v) is 2.94. The Hall–Kier alpha value is -1.84. The lowest BCUT2D eigenvalue weighted by atomic mass is 9.98. The van der Waals surface area contributed by atoms with Crippen LogP contribution in [0.15, 0.2) is 48.5 Å². The Balaban J connectivity index is 1.84. The van der Waals surface area contributed by atoms with Crippen LogP contribution in [0.3, 0.4) is 0 Å². The molecule has 3 nitrogen and oxygen atoms in total. The van der Waals surface area contributed by atoms with Crippen LogP contribution in [0.1, 0.15) is 11.1 Å². The number of benzene rings is 2. The molecule has 0 radical (unpaired) electrons. The monoisotopic (exact) mass is 282 g/mol. The maximum Gasteiger partial charge on any atom is 0.0558 e. The molecule has 0 fully saturated rings. The summed E-state index contributed by atoms with van der Waals surface area (Å²) in [7, 11) is 2.10. The molecule has 2 aromatic carbocycles. The van der Waals surface area contributed by atoms with Gasteiger partial charge in [0.15, 0.2) is 0 Å². The van der Waals surface area contributed by atoms with Gasteiger partial charge in [0.25, 0.3) is 0 Å². The third-order valence-electron chi connectivity index (χ3n) is 4.23. The van der Waals surface area contributed by atoms with Crippen molar-refractivity contribution in [1.82, 2.24) is 4.90 Å². The van der Waals surface area contributed by atoms with E-state index < -0.39 is 0 Å². The van der Waals surface area contributed by atoms with Gasteiger partial charge in [0.05, 0.1) is 6.61 Å². The van der Waals surface area contributed by atoms with E-state index in [-0.39, 0.29) is 6.61 Å². The number of aliphatic hydroxyl groups is 1. The predicted octanol–water partition coefficient (Wildman–Crippen LogP) is 2.80. The molecule has 1 aliphatic rings. The number of para-hydroxylation sites is 1. The van der Waals surface area contributed by atoms with Crippen LogP contribution in [0.4, 0.5) is 11.4 Å². The third-order valence-corrected chi connectivity index (χ3v) is 4.23. The highest BCUT2D eigenvalue weighted by Gasteiger charge is 2.16. The molecule has 0 aliphatic carbocycles. The summed E-state index contributed by atoms with van der Waals surface area (Å²) in [6, 6.07) is 17.1. The lowest BCUT2D eigenvalue weighted by molar-refractivity contribution is 0.184. The second-order valence-corrected chi connectivity index (χ2v) is 5.60. The molecule has 0 bridgehead atoms. The smallest absolute Gasteiger partial charge is 0.0558 e. The van der Waals surface area contributed by atoms with Crippen molar-refractivity contribution >= 4 is 11.4 Å². The minimum absolute atomic E-state index is 0.235. The van der Waals surface area contributed by atoms with Crippen LogP contribution in [0, 0.1) is 0 Å². The SMILES string of the molecule is CN(c1ccccc1)c1ccc2c(c1)CN(CCO)CC2.